The maximum Gasteiger partial charge on any atom is 0.176 e. The van der Waals surface area contributed by atoms with Crippen LogP contribution in [0.4, 0.5) is 5.82 Å². The van der Waals surface area contributed by atoms with E-state index in [0.29, 0.717) is 0 Å². The van der Waals surface area contributed by atoms with E-state index >= 15 is 0 Å². The van der Waals surface area contributed by atoms with E-state index in [1.165, 1.54) is 11.5 Å². The molecule has 0 aliphatic rings. The second-order valence-corrected chi connectivity index (χ2v) is 5.06. The highest BCUT2D eigenvalue weighted by molar-refractivity contribution is 8.00. The molecule has 0 bridgehead atoms. The van der Waals surface area contributed by atoms with Crippen LogP contribution < -0.4 is 5.32 Å². The van der Waals surface area contributed by atoms with Crippen molar-refractivity contribution in [2.45, 2.75) is 22.7 Å². The van der Waals surface area contributed by atoms with Crippen molar-refractivity contribution >= 4 is 29.1 Å². The first-order chi connectivity index (χ1) is 7.81. The Bertz CT molecular complexity index is 469. The summed E-state index contributed by atoms with van der Waals surface area (Å²) in [6.07, 6.45) is 0.876. The lowest BCUT2D eigenvalue weighted by molar-refractivity contribution is 0.970. The summed E-state index contributed by atoms with van der Waals surface area (Å²) < 4.78 is 5.18. The minimum atomic E-state index is 0.866. The molecule has 0 aromatic carbocycles. The number of nitrogens with zero attached hydrogens (tertiary/aromatic N) is 3. The highest BCUT2D eigenvalue weighted by Gasteiger charge is 2.05. The molecular weight excluding hydrogens is 240 g/mol. The lowest BCUT2D eigenvalue weighted by atomic mass is 10.5. The lowest BCUT2D eigenvalue weighted by Crippen LogP contribution is -1.91. The molecule has 2 heterocycles. The number of rotatable bonds is 4. The van der Waals surface area contributed by atoms with Gasteiger partial charge in [0, 0.05) is 13.5 Å². The predicted molar refractivity (Wildman–Crippen MR) is 67.2 cm³/mol. The zero-order valence-corrected chi connectivity index (χ0v) is 10.7. The van der Waals surface area contributed by atoms with E-state index in [2.05, 4.69) is 26.6 Å². The molecule has 0 saturated heterocycles. The molecule has 0 aliphatic carbocycles. The molecule has 2 aromatic rings. The van der Waals surface area contributed by atoms with Crippen LogP contribution in [-0.2, 0) is 6.42 Å². The van der Waals surface area contributed by atoms with Gasteiger partial charge in [-0.2, -0.15) is 4.37 Å². The first kappa shape index (κ1) is 11.3. The van der Waals surface area contributed by atoms with E-state index in [9.17, 15) is 0 Å². The van der Waals surface area contributed by atoms with Crippen molar-refractivity contribution in [3.05, 3.63) is 24.0 Å². The van der Waals surface area contributed by atoms with Gasteiger partial charge in [0.1, 0.15) is 16.7 Å². The Morgan fingerprint density at radius 2 is 2.25 bits per heavy atom. The number of aromatic nitrogens is 3. The van der Waals surface area contributed by atoms with Crippen LogP contribution in [0.2, 0.25) is 0 Å². The molecule has 0 radical (unpaired) electrons. The summed E-state index contributed by atoms with van der Waals surface area (Å²) >= 11 is 2.97. The quantitative estimate of drug-likeness (QED) is 0.906. The Labute approximate surface area is 103 Å². The SMILES string of the molecule is CCc1nsc(Sc2cccc(NC)n2)n1. The molecule has 0 fully saturated rings. The number of anilines is 1. The third-order valence-electron chi connectivity index (χ3n) is 1.94. The van der Waals surface area contributed by atoms with Crippen LogP contribution in [0.25, 0.3) is 0 Å². The third-order valence-corrected chi connectivity index (χ3v) is 3.66. The van der Waals surface area contributed by atoms with Crippen LogP contribution in [0.3, 0.4) is 0 Å². The first-order valence-electron chi connectivity index (χ1n) is 4.97. The van der Waals surface area contributed by atoms with Gasteiger partial charge in [-0.05, 0) is 35.4 Å². The minimum absolute atomic E-state index is 0.866. The monoisotopic (exact) mass is 252 g/mol. The van der Waals surface area contributed by atoms with E-state index in [-0.39, 0.29) is 0 Å². The fourth-order valence-electron chi connectivity index (χ4n) is 1.12. The average Bonchev–Trinajstić information content (AvgIpc) is 2.77. The van der Waals surface area contributed by atoms with Crippen LogP contribution in [0.1, 0.15) is 12.7 Å². The van der Waals surface area contributed by atoms with E-state index in [4.69, 9.17) is 0 Å². The van der Waals surface area contributed by atoms with Crippen molar-refractivity contribution in [3.8, 4) is 0 Å². The van der Waals surface area contributed by atoms with Crippen molar-refractivity contribution in [1.29, 1.82) is 0 Å². The standard InChI is InChI=1S/C10H12N4S2/c1-3-7-13-10(16-14-7)15-9-6-4-5-8(11-2)12-9/h4-6H,3H2,1-2H3,(H,11,12). The highest BCUT2D eigenvalue weighted by atomic mass is 32.2. The topological polar surface area (TPSA) is 50.7 Å². The van der Waals surface area contributed by atoms with Crippen LogP contribution in [0.15, 0.2) is 27.6 Å². The van der Waals surface area contributed by atoms with E-state index in [0.717, 1.165) is 27.4 Å². The van der Waals surface area contributed by atoms with E-state index < -0.39 is 0 Å². The van der Waals surface area contributed by atoms with Gasteiger partial charge in [-0.3, -0.25) is 0 Å². The molecule has 16 heavy (non-hydrogen) atoms. The molecule has 2 rings (SSSR count). The fraction of sp³-hybridized carbons (Fsp3) is 0.300. The second kappa shape index (κ2) is 5.27. The number of aryl methyl sites for hydroxylation is 1. The number of nitrogens with one attached hydrogen (secondary N) is 1. The zero-order valence-electron chi connectivity index (χ0n) is 9.10. The predicted octanol–water partition coefficient (Wildman–Crippen LogP) is 2.69. The molecule has 0 aliphatic heterocycles. The maximum atomic E-state index is 4.41. The lowest BCUT2D eigenvalue weighted by Gasteiger charge is -2.00. The highest BCUT2D eigenvalue weighted by Crippen LogP contribution is 2.28. The zero-order chi connectivity index (χ0) is 11.4. The molecule has 0 saturated carbocycles. The molecule has 2 aromatic heterocycles. The van der Waals surface area contributed by atoms with Gasteiger partial charge >= 0.3 is 0 Å². The Morgan fingerprint density at radius 3 is 2.94 bits per heavy atom. The van der Waals surface area contributed by atoms with Gasteiger partial charge in [0.25, 0.3) is 0 Å². The first-order valence-corrected chi connectivity index (χ1v) is 6.56. The van der Waals surface area contributed by atoms with Crippen LogP contribution in [-0.4, -0.2) is 21.4 Å². The van der Waals surface area contributed by atoms with Crippen molar-refractivity contribution in [1.82, 2.24) is 14.3 Å². The van der Waals surface area contributed by atoms with Crippen LogP contribution in [0.5, 0.6) is 0 Å². The summed E-state index contributed by atoms with van der Waals surface area (Å²) in [4.78, 5) is 8.80. The molecule has 0 amide bonds. The van der Waals surface area contributed by atoms with Crippen molar-refractivity contribution in [2.24, 2.45) is 0 Å². The molecule has 84 valence electrons. The Balaban J connectivity index is 2.13. The summed E-state index contributed by atoms with van der Waals surface area (Å²) in [5.74, 6) is 1.77. The smallest absolute Gasteiger partial charge is 0.176 e. The van der Waals surface area contributed by atoms with Gasteiger partial charge in [0.2, 0.25) is 0 Å². The molecule has 6 heteroatoms. The maximum absolute atomic E-state index is 4.41. The van der Waals surface area contributed by atoms with E-state index in [1.54, 1.807) is 11.8 Å². The van der Waals surface area contributed by atoms with Crippen molar-refractivity contribution < 1.29 is 0 Å². The van der Waals surface area contributed by atoms with Crippen LogP contribution in [0, 0.1) is 0 Å². The molecule has 0 atom stereocenters. The summed E-state index contributed by atoms with van der Waals surface area (Å²) in [5, 5.41) is 3.95. The largest absolute Gasteiger partial charge is 0.373 e. The molecule has 0 unspecified atom stereocenters. The minimum Gasteiger partial charge on any atom is -0.373 e. The summed E-state index contributed by atoms with van der Waals surface area (Å²) in [6.45, 7) is 2.05. The Hall–Kier alpha value is -1.14. The fourth-order valence-corrected chi connectivity index (χ4v) is 2.76. The van der Waals surface area contributed by atoms with Gasteiger partial charge < -0.3 is 5.32 Å². The van der Waals surface area contributed by atoms with Gasteiger partial charge in [-0.1, -0.05) is 13.0 Å². The Kier molecular flexibility index (Phi) is 3.74. The van der Waals surface area contributed by atoms with E-state index in [1.807, 2.05) is 25.2 Å². The Morgan fingerprint density at radius 1 is 1.38 bits per heavy atom. The number of hydrogen-bond acceptors (Lipinski definition) is 6. The van der Waals surface area contributed by atoms with Crippen molar-refractivity contribution in [3.63, 3.8) is 0 Å². The van der Waals surface area contributed by atoms with Crippen LogP contribution >= 0.6 is 23.3 Å². The second-order valence-electron chi connectivity index (χ2n) is 3.04. The average molecular weight is 252 g/mol. The molecule has 1 N–H and O–H groups in total. The summed E-state index contributed by atoms with van der Waals surface area (Å²) in [5.41, 5.74) is 0. The number of pyridine rings is 1. The molecule has 0 spiro atoms. The normalized spacial score (nSPS) is 10.4. The van der Waals surface area contributed by atoms with Crippen molar-refractivity contribution in [2.75, 3.05) is 12.4 Å². The third kappa shape index (κ3) is 2.70. The molecular formula is C10H12N4S2. The number of hydrogen-bond donors (Lipinski definition) is 1. The summed E-state index contributed by atoms with van der Waals surface area (Å²) in [6, 6.07) is 5.88. The van der Waals surface area contributed by atoms with Gasteiger partial charge in [0.15, 0.2) is 4.34 Å². The van der Waals surface area contributed by atoms with Gasteiger partial charge in [-0.15, -0.1) is 0 Å². The molecule has 4 nitrogen and oxygen atoms in total. The summed E-state index contributed by atoms with van der Waals surface area (Å²) in [7, 11) is 1.86. The van der Waals surface area contributed by atoms with Gasteiger partial charge in [-0.25, -0.2) is 9.97 Å². The van der Waals surface area contributed by atoms with Gasteiger partial charge in [0.05, 0.1) is 0 Å².